The van der Waals surface area contributed by atoms with Crippen molar-refractivity contribution in [3.05, 3.63) is 66.0 Å². The van der Waals surface area contributed by atoms with Gasteiger partial charge in [0.2, 0.25) is 0 Å². The second kappa shape index (κ2) is 6.83. The molecule has 21 heavy (non-hydrogen) atoms. The summed E-state index contributed by atoms with van der Waals surface area (Å²) in [5.74, 6) is 1.06. The van der Waals surface area contributed by atoms with Gasteiger partial charge in [0, 0.05) is 19.2 Å². The van der Waals surface area contributed by atoms with E-state index in [2.05, 4.69) is 44.5 Å². The highest BCUT2D eigenvalue weighted by atomic mass is 15.3. The maximum Gasteiger partial charge on any atom is 0.138 e. The molecule has 0 aliphatic heterocycles. The summed E-state index contributed by atoms with van der Waals surface area (Å²) in [5, 5.41) is 11.1. The molecule has 1 aromatic carbocycles. The van der Waals surface area contributed by atoms with E-state index in [9.17, 15) is 0 Å². The third-order valence-electron chi connectivity index (χ3n) is 3.57. The van der Waals surface area contributed by atoms with Gasteiger partial charge in [-0.2, -0.15) is 10.2 Å². The first kappa shape index (κ1) is 13.5. The lowest BCUT2D eigenvalue weighted by atomic mass is 10.1. The van der Waals surface area contributed by atoms with Crippen LogP contribution in [-0.4, -0.2) is 25.0 Å². The molecule has 5 nitrogen and oxygen atoms in total. The van der Waals surface area contributed by atoms with Gasteiger partial charge < -0.3 is 0 Å². The van der Waals surface area contributed by atoms with Gasteiger partial charge in [0.05, 0.1) is 6.20 Å². The highest BCUT2D eigenvalue weighted by Crippen LogP contribution is 2.07. The average Bonchev–Trinajstić information content (AvgIpc) is 3.18. The second-order valence-electron chi connectivity index (χ2n) is 5.10. The van der Waals surface area contributed by atoms with Gasteiger partial charge in [-0.25, -0.2) is 9.67 Å². The number of H-pyrrole nitrogens is 1. The number of nitrogens with zero attached hydrogens (tertiary/aromatic N) is 4. The Morgan fingerprint density at radius 1 is 1.00 bits per heavy atom. The molecule has 0 aliphatic rings. The number of hydrogen-bond donors (Lipinski definition) is 1. The molecule has 5 heteroatoms. The zero-order chi connectivity index (χ0) is 14.3. The van der Waals surface area contributed by atoms with E-state index in [1.807, 2.05) is 23.1 Å². The van der Waals surface area contributed by atoms with Crippen LogP contribution in [0.1, 0.15) is 23.4 Å². The van der Waals surface area contributed by atoms with Crippen molar-refractivity contribution in [1.82, 2.24) is 25.0 Å². The van der Waals surface area contributed by atoms with E-state index >= 15 is 0 Å². The third kappa shape index (κ3) is 3.78. The van der Waals surface area contributed by atoms with Crippen LogP contribution in [0.2, 0.25) is 0 Å². The van der Waals surface area contributed by atoms with Gasteiger partial charge in [-0.15, -0.1) is 0 Å². The van der Waals surface area contributed by atoms with Gasteiger partial charge in [0.15, 0.2) is 0 Å². The molecular weight excluding hydrogens is 262 g/mol. The molecule has 3 rings (SSSR count). The van der Waals surface area contributed by atoms with Gasteiger partial charge in [0.25, 0.3) is 0 Å². The fourth-order valence-corrected chi connectivity index (χ4v) is 2.41. The number of aryl methyl sites for hydroxylation is 4. The Bertz CT molecular complexity index is 642. The first-order valence-corrected chi connectivity index (χ1v) is 7.30. The second-order valence-corrected chi connectivity index (χ2v) is 5.10. The van der Waals surface area contributed by atoms with Crippen molar-refractivity contribution < 1.29 is 0 Å². The van der Waals surface area contributed by atoms with Gasteiger partial charge in [0.1, 0.15) is 12.2 Å². The quantitative estimate of drug-likeness (QED) is 0.723. The molecule has 1 N–H and O–H groups in total. The number of aromatic amines is 1. The Kier molecular flexibility index (Phi) is 4.41. The Morgan fingerprint density at radius 2 is 1.90 bits per heavy atom. The van der Waals surface area contributed by atoms with Gasteiger partial charge in [-0.3, -0.25) is 5.10 Å². The lowest BCUT2D eigenvalue weighted by molar-refractivity contribution is 0.570. The summed E-state index contributed by atoms with van der Waals surface area (Å²) in [4.78, 5) is 4.38. The van der Waals surface area contributed by atoms with Crippen LogP contribution in [0.15, 0.2) is 49.1 Å². The molecule has 0 radical (unpaired) electrons. The van der Waals surface area contributed by atoms with Crippen molar-refractivity contribution in [2.75, 3.05) is 0 Å². The summed E-state index contributed by atoms with van der Waals surface area (Å²) in [6.07, 6.45) is 9.48. The normalized spacial score (nSPS) is 10.9. The Balaban J connectivity index is 1.51. The topological polar surface area (TPSA) is 59.4 Å². The minimum absolute atomic E-state index is 0.880. The third-order valence-corrected chi connectivity index (χ3v) is 3.57. The minimum atomic E-state index is 0.880. The van der Waals surface area contributed by atoms with Crippen molar-refractivity contribution >= 4 is 0 Å². The van der Waals surface area contributed by atoms with Crippen LogP contribution in [0.5, 0.6) is 0 Å². The average molecular weight is 281 g/mol. The number of aromatic nitrogens is 5. The van der Waals surface area contributed by atoms with Crippen LogP contribution >= 0.6 is 0 Å². The van der Waals surface area contributed by atoms with E-state index in [-0.39, 0.29) is 0 Å². The Labute approximate surface area is 124 Å². The Hall–Kier alpha value is -2.43. The molecular formula is C16H19N5. The lowest BCUT2D eigenvalue weighted by Gasteiger charge is -2.06. The van der Waals surface area contributed by atoms with Gasteiger partial charge in [-0.1, -0.05) is 30.3 Å². The van der Waals surface area contributed by atoms with Crippen LogP contribution in [0.4, 0.5) is 0 Å². The molecule has 2 heterocycles. The fourth-order valence-electron chi connectivity index (χ4n) is 2.41. The zero-order valence-corrected chi connectivity index (χ0v) is 11.9. The van der Waals surface area contributed by atoms with Crippen LogP contribution in [0.3, 0.4) is 0 Å². The summed E-state index contributed by atoms with van der Waals surface area (Å²) in [5.41, 5.74) is 2.57. The minimum Gasteiger partial charge on any atom is -0.285 e. The molecule has 0 fully saturated rings. The number of nitrogens with one attached hydrogen (secondary N) is 1. The number of benzene rings is 1. The molecule has 0 atom stereocenters. The summed E-state index contributed by atoms with van der Waals surface area (Å²) in [7, 11) is 0. The van der Waals surface area contributed by atoms with Gasteiger partial charge >= 0.3 is 0 Å². The van der Waals surface area contributed by atoms with Crippen molar-refractivity contribution in [3.63, 3.8) is 0 Å². The molecule has 0 saturated carbocycles. The van der Waals surface area contributed by atoms with E-state index in [0.29, 0.717) is 0 Å². The van der Waals surface area contributed by atoms with Crippen molar-refractivity contribution in [2.45, 2.75) is 32.2 Å². The molecule has 3 aromatic rings. The van der Waals surface area contributed by atoms with Gasteiger partial charge in [-0.05, 0) is 30.4 Å². The van der Waals surface area contributed by atoms with E-state index in [4.69, 9.17) is 0 Å². The lowest BCUT2D eigenvalue weighted by Crippen LogP contribution is -2.08. The maximum atomic E-state index is 4.38. The smallest absolute Gasteiger partial charge is 0.138 e. The molecule has 0 amide bonds. The van der Waals surface area contributed by atoms with Crippen LogP contribution in [0.25, 0.3) is 0 Å². The summed E-state index contributed by atoms with van der Waals surface area (Å²) < 4.78 is 2.02. The monoisotopic (exact) mass is 281 g/mol. The van der Waals surface area contributed by atoms with Crippen LogP contribution in [0, 0.1) is 0 Å². The first-order valence-electron chi connectivity index (χ1n) is 7.30. The fraction of sp³-hybridized carbons (Fsp3) is 0.312. The standard InChI is InChI=1S/C16H19N5/c1-2-5-14(6-3-1)9-10-21-16(17-13-20-21)8-4-7-15-11-18-19-12-15/h1-3,5-6,11-13H,4,7-10H2,(H,18,19). The summed E-state index contributed by atoms with van der Waals surface area (Å²) >= 11 is 0. The Morgan fingerprint density at radius 3 is 2.71 bits per heavy atom. The van der Waals surface area contributed by atoms with E-state index < -0.39 is 0 Å². The largest absolute Gasteiger partial charge is 0.285 e. The summed E-state index contributed by atoms with van der Waals surface area (Å²) in [6.45, 7) is 0.880. The summed E-state index contributed by atoms with van der Waals surface area (Å²) in [6, 6.07) is 10.5. The van der Waals surface area contributed by atoms with Crippen LogP contribution in [-0.2, 0) is 25.8 Å². The molecule has 0 aliphatic carbocycles. The predicted molar refractivity (Wildman–Crippen MR) is 80.8 cm³/mol. The molecule has 0 saturated heterocycles. The number of rotatable bonds is 7. The van der Waals surface area contributed by atoms with Crippen LogP contribution < -0.4 is 0 Å². The predicted octanol–water partition coefficient (Wildman–Crippen LogP) is 2.42. The van der Waals surface area contributed by atoms with Crippen molar-refractivity contribution in [3.8, 4) is 0 Å². The van der Waals surface area contributed by atoms with E-state index in [1.54, 1.807) is 6.33 Å². The maximum absolute atomic E-state index is 4.38. The highest BCUT2D eigenvalue weighted by Gasteiger charge is 2.05. The number of hydrogen-bond acceptors (Lipinski definition) is 3. The SMILES string of the molecule is c1ccc(CCn2ncnc2CCCc2cn[nH]c2)cc1. The van der Waals surface area contributed by atoms with E-state index in [0.717, 1.165) is 38.1 Å². The molecule has 0 unspecified atom stereocenters. The molecule has 0 bridgehead atoms. The molecule has 0 spiro atoms. The first-order chi connectivity index (χ1) is 10.4. The molecule has 2 aromatic heterocycles. The van der Waals surface area contributed by atoms with Crippen molar-refractivity contribution in [2.24, 2.45) is 0 Å². The van der Waals surface area contributed by atoms with Crippen molar-refractivity contribution in [1.29, 1.82) is 0 Å². The van der Waals surface area contributed by atoms with E-state index in [1.165, 1.54) is 11.1 Å². The molecule has 108 valence electrons. The highest BCUT2D eigenvalue weighted by molar-refractivity contribution is 5.14. The zero-order valence-electron chi connectivity index (χ0n) is 11.9.